The summed E-state index contributed by atoms with van der Waals surface area (Å²) in [6, 6.07) is 1.03. The van der Waals surface area contributed by atoms with Crippen molar-refractivity contribution < 1.29 is 9.90 Å². The van der Waals surface area contributed by atoms with Crippen LogP contribution in [0.15, 0.2) is 10.9 Å². The maximum absolute atomic E-state index is 12.3. The van der Waals surface area contributed by atoms with E-state index in [9.17, 15) is 14.7 Å². The van der Waals surface area contributed by atoms with Crippen molar-refractivity contribution in [2.24, 2.45) is 0 Å². The molecule has 2 aromatic rings. The summed E-state index contributed by atoms with van der Waals surface area (Å²) in [7, 11) is 0. The molecule has 0 aliphatic carbocycles. The fourth-order valence-electron chi connectivity index (χ4n) is 2.58. The van der Waals surface area contributed by atoms with Gasteiger partial charge in [0.2, 0.25) is 0 Å². The fourth-order valence-corrected chi connectivity index (χ4v) is 2.58. The molecule has 1 atom stereocenters. The van der Waals surface area contributed by atoms with Crippen LogP contribution in [0.4, 0.5) is 0 Å². The molecular weight excluding hydrogens is 262 g/mol. The first-order valence-corrected chi connectivity index (χ1v) is 6.48. The van der Waals surface area contributed by atoms with Crippen LogP contribution in [0.3, 0.4) is 0 Å². The van der Waals surface area contributed by atoms with E-state index in [4.69, 9.17) is 0 Å². The number of nitrogens with one attached hydrogen (secondary N) is 1. The molecule has 0 bridgehead atoms. The van der Waals surface area contributed by atoms with Gasteiger partial charge in [0.25, 0.3) is 0 Å². The molecule has 20 heavy (non-hydrogen) atoms. The lowest BCUT2D eigenvalue weighted by Crippen LogP contribution is -2.34. The lowest BCUT2D eigenvalue weighted by atomic mass is 10.1. The maximum atomic E-state index is 12.3. The Morgan fingerprint density at radius 1 is 1.60 bits per heavy atom. The van der Waals surface area contributed by atoms with Gasteiger partial charge in [-0.25, -0.2) is 14.3 Å². The standard InChI is InChI=1S/C12H15N5O3/c1-7-5-8(14-13-7)6-16-12(20)17-9(11(18)19)3-2-4-10(17)15-16/h5,9H,2-4,6H2,1H3,(H,13,14)(H,18,19). The van der Waals surface area contributed by atoms with Crippen molar-refractivity contribution in [3.8, 4) is 0 Å². The van der Waals surface area contributed by atoms with Crippen molar-refractivity contribution in [3.05, 3.63) is 33.8 Å². The first kappa shape index (κ1) is 12.6. The van der Waals surface area contributed by atoms with Crippen molar-refractivity contribution in [3.63, 3.8) is 0 Å². The van der Waals surface area contributed by atoms with E-state index in [1.54, 1.807) is 0 Å². The number of aromatic nitrogens is 5. The SMILES string of the molecule is Cc1cc(Cn2nc3n(c2=O)C(C(=O)O)CCC3)n[nH]1. The Labute approximate surface area is 114 Å². The van der Waals surface area contributed by atoms with Crippen LogP contribution in [-0.2, 0) is 17.8 Å². The van der Waals surface area contributed by atoms with E-state index >= 15 is 0 Å². The van der Waals surface area contributed by atoms with Crippen LogP contribution in [-0.4, -0.2) is 35.6 Å². The second kappa shape index (κ2) is 4.62. The average molecular weight is 277 g/mol. The predicted molar refractivity (Wildman–Crippen MR) is 68.5 cm³/mol. The van der Waals surface area contributed by atoms with Crippen LogP contribution in [0, 0.1) is 6.92 Å². The topological polar surface area (TPSA) is 106 Å². The Hall–Kier alpha value is -2.38. The summed E-state index contributed by atoms with van der Waals surface area (Å²) in [5.74, 6) is -0.441. The highest BCUT2D eigenvalue weighted by Crippen LogP contribution is 2.21. The molecule has 8 nitrogen and oxygen atoms in total. The summed E-state index contributed by atoms with van der Waals surface area (Å²) < 4.78 is 2.58. The fraction of sp³-hybridized carbons (Fsp3) is 0.500. The quantitative estimate of drug-likeness (QED) is 0.826. The monoisotopic (exact) mass is 277 g/mol. The Bertz CT molecular complexity index is 711. The number of hydrogen-bond acceptors (Lipinski definition) is 4. The molecule has 0 saturated carbocycles. The van der Waals surface area contributed by atoms with Crippen LogP contribution in [0.25, 0.3) is 0 Å². The van der Waals surface area contributed by atoms with Gasteiger partial charge in [0.15, 0.2) is 0 Å². The summed E-state index contributed by atoms with van der Waals surface area (Å²) >= 11 is 0. The number of aliphatic carboxylic acids is 1. The van der Waals surface area contributed by atoms with E-state index in [1.165, 1.54) is 9.25 Å². The molecule has 2 aromatic heterocycles. The number of fused-ring (bicyclic) bond motifs is 1. The zero-order valence-electron chi connectivity index (χ0n) is 11.0. The van der Waals surface area contributed by atoms with E-state index in [0.717, 1.165) is 12.1 Å². The molecule has 8 heteroatoms. The van der Waals surface area contributed by atoms with Crippen LogP contribution < -0.4 is 5.69 Å². The molecule has 1 aliphatic rings. The molecule has 1 aliphatic heterocycles. The van der Waals surface area contributed by atoms with Crippen molar-refractivity contribution in [1.82, 2.24) is 24.5 Å². The normalized spacial score (nSPS) is 17.9. The van der Waals surface area contributed by atoms with Crippen molar-refractivity contribution >= 4 is 5.97 Å². The third-order valence-corrected chi connectivity index (χ3v) is 3.49. The molecular formula is C12H15N5O3. The minimum atomic E-state index is -0.983. The summed E-state index contributed by atoms with van der Waals surface area (Å²) in [6.07, 6.45) is 1.83. The second-order valence-corrected chi connectivity index (χ2v) is 5.02. The van der Waals surface area contributed by atoms with Gasteiger partial charge in [0.05, 0.1) is 12.2 Å². The minimum absolute atomic E-state index is 0.246. The summed E-state index contributed by atoms with van der Waals surface area (Å²) in [6.45, 7) is 2.12. The van der Waals surface area contributed by atoms with Gasteiger partial charge < -0.3 is 5.11 Å². The molecule has 0 radical (unpaired) electrons. The van der Waals surface area contributed by atoms with Crippen LogP contribution >= 0.6 is 0 Å². The molecule has 3 rings (SSSR count). The van der Waals surface area contributed by atoms with Crippen molar-refractivity contribution in [2.75, 3.05) is 0 Å². The number of nitrogens with zero attached hydrogens (tertiary/aromatic N) is 4. The molecule has 0 amide bonds. The van der Waals surface area contributed by atoms with Crippen LogP contribution in [0.5, 0.6) is 0 Å². The molecule has 0 saturated heterocycles. The highest BCUT2D eigenvalue weighted by atomic mass is 16.4. The molecule has 3 heterocycles. The van der Waals surface area contributed by atoms with Gasteiger partial charge in [0, 0.05) is 12.1 Å². The van der Waals surface area contributed by atoms with E-state index in [2.05, 4.69) is 15.3 Å². The first-order chi connectivity index (χ1) is 9.56. The number of aryl methyl sites for hydroxylation is 2. The Kier molecular flexibility index (Phi) is 2.92. The summed E-state index contributed by atoms with van der Waals surface area (Å²) in [4.78, 5) is 23.5. The molecule has 106 valence electrons. The Morgan fingerprint density at radius 2 is 2.40 bits per heavy atom. The number of H-pyrrole nitrogens is 1. The lowest BCUT2D eigenvalue weighted by molar-refractivity contribution is -0.141. The predicted octanol–water partition coefficient (Wildman–Crippen LogP) is 0.0866. The number of carbonyl (C=O) groups is 1. The number of aromatic amines is 1. The molecule has 1 unspecified atom stereocenters. The number of carboxylic acids is 1. The molecule has 0 aromatic carbocycles. The average Bonchev–Trinajstić information content (AvgIpc) is 2.95. The Morgan fingerprint density at radius 3 is 3.05 bits per heavy atom. The molecule has 0 spiro atoms. The number of rotatable bonds is 3. The Balaban J connectivity index is 1.98. The third-order valence-electron chi connectivity index (χ3n) is 3.49. The summed E-state index contributed by atoms with van der Waals surface area (Å²) in [5, 5.41) is 20.3. The van der Waals surface area contributed by atoms with Crippen LogP contribution in [0.2, 0.25) is 0 Å². The van der Waals surface area contributed by atoms with Gasteiger partial charge in [-0.05, 0) is 25.8 Å². The number of hydrogen-bond donors (Lipinski definition) is 2. The zero-order chi connectivity index (χ0) is 14.3. The van der Waals surface area contributed by atoms with E-state index in [1.807, 2.05) is 13.0 Å². The third kappa shape index (κ3) is 2.02. The smallest absolute Gasteiger partial charge is 0.347 e. The number of carboxylic acid groups (broad SMARTS) is 1. The highest BCUT2D eigenvalue weighted by Gasteiger charge is 2.30. The second-order valence-electron chi connectivity index (χ2n) is 5.02. The largest absolute Gasteiger partial charge is 0.480 e. The van der Waals surface area contributed by atoms with Crippen molar-refractivity contribution in [2.45, 2.75) is 38.8 Å². The lowest BCUT2D eigenvalue weighted by Gasteiger charge is -2.19. The minimum Gasteiger partial charge on any atom is -0.480 e. The van der Waals surface area contributed by atoms with E-state index in [0.29, 0.717) is 24.4 Å². The first-order valence-electron chi connectivity index (χ1n) is 6.48. The van der Waals surface area contributed by atoms with E-state index < -0.39 is 12.0 Å². The van der Waals surface area contributed by atoms with Gasteiger partial charge in [0.1, 0.15) is 11.9 Å². The maximum Gasteiger partial charge on any atom is 0.347 e. The van der Waals surface area contributed by atoms with Crippen molar-refractivity contribution in [1.29, 1.82) is 0 Å². The molecule has 2 N–H and O–H groups in total. The summed E-state index contributed by atoms with van der Waals surface area (Å²) in [5.41, 5.74) is 1.22. The van der Waals surface area contributed by atoms with E-state index in [-0.39, 0.29) is 12.2 Å². The zero-order valence-corrected chi connectivity index (χ0v) is 11.0. The van der Waals surface area contributed by atoms with Gasteiger partial charge >= 0.3 is 11.7 Å². The van der Waals surface area contributed by atoms with Crippen LogP contribution in [0.1, 0.15) is 36.1 Å². The van der Waals surface area contributed by atoms with Gasteiger partial charge in [-0.2, -0.15) is 10.2 Å². The highest BCUT2D eigenvalue weighted by molar-refractivity contribution is 5.72. The molecule has 0 fully saturated rings. The van der Waals surface area contributed by atoms with Gasteiger partial charge in [-0.15, -0.1) is 0 Å². The van der Waals surface area contributed by atoms with Gasteiger partial charge in [-0.1, -0.05) is 0 Å². The van der Waals surface area contributed by atoms with Gasteiger partial charge in [-0.3, -0.25) is 9.67 Å².